The Hall–Kier alpha value is -1.85. The van der Waals surface area contributed by atoms with Crippen molar-refractivity contribution in [1.82, 2.24) is 10.2 Å². The van der Waals surface area contributed by atoms with Gasteiger partial charge in [-0.3, -0.25) is 9.89 Å². The van der Waals surface area contributed by atoms with Crippen molar-refractivity contribution >= 4 is 17.6 Å². The van der Waals surface area contributed by atoms with E-state index in [2.05, 4.69) is 14.9 Å². The maximum atomic E-state index is 11.3. The predicted octanol–water partition coefficient (Wildman–Crippen LogP) is 1.77. The van der Waals surface area contributed by atoms with Gasteiger partial charge in [-0.15, -0.1) is 0 Å². The number of nitrogens with one attached hydrogen (secondary N) is 1. The van der Waals surface area contributed by atoms with Crippen molar-refractivity contribution in [2.45, 2.75) is 12.5 Å². The Morgan fingerprint density at radius 3 is 3.05 bits per heavy atom. The lowest BCUT2D eigenvalue weighted by Gasteiger charge is -2.09. The number of nitrogens with two attached hydrogens (primary N) is 1. The zero-order chi connectivity index (χ0) is 13.8. The van der Waals surface area contributed by atoms with E-state index < -0.39 is 12.0 Å². The van der Waals surface area contributed by atoms with Gasteiger partial charge in [0.1, 0.15) is 6.04 Å². The molecule has 0 radical (unpaired) electrons. The molecule has 6 heteroatoms. The second kappa shape index (κ2) is 5.86. The van der Waals surface area contributed by atoms with Crippen LogP contribution < -0.4 is 5.73 Å². The summed E-state index contributed by atoms with van der Waals surface area (Å²) in [7, 11) is 1.31. The third kappa shape index (κ3) is 3.13. The first-order chi connectivity index (χ1) is 9.11. The fourth-order valence-electron chi connectivity index (χ4n) is 1.83. The Bertz CT molecular complexity index is 583. The Morgan fingerprint density at radius 2 is 2.37 bits per heavy atom. The number of hydrogen-bond acceptors (Lipinski definition) is 4. The molecule has 1 aromatic carbocycles. The van der Waals surface area contributed by atoms with Crippen molar-refractivity contribution in [3.05, 3.63) is 41.0 Å². The second-order valence-electron chi connectivity index (χ2n) is 4.11. The average Bonchev–Trinajstić information content (AvgIpc) is 2.85. The summed E-state index contributed by atoms with van der Waals surface area (Å²) in [6, 6.07) is 6.67. The lowest BCUT2D eigenvalue weighted by Crippen LogP contribution is -2.33. The van der Waals surface area contributed by atoms with Gasteiger partial charge in [0.15, 0.2) is 0 Å². The Morgan fingerprint density at radius 1 is 1.58 bits per heavy atom. The Balaban J connectivity index is 2.25. The van der Waals surface area contributed by atoms with E-state index in [0.717, 1.165) is 16.8 Å². The molecule has 100 valence electrons. The summed E-state index contributed by atoms with van der Waals surface area (Å²) in [6.45, 7) is 0. The first-order valence-corrected chi connectivity index (χ1v) is 6.11. The van der Waals surface area contributed by atoms with Crippen LogP contribution in [0.1, 0.15) is 5.56 Å². The normalized spacial score (nSPS) is 12.2. The van der Waals surface area contributed by atoms with E-state index in [0.29, 0.717) is 11.4 Å². The maximum absolute atomic E-state index is 11.3. The van der Waals surface area contributed by atoms with Crippen LogP contribution in [0, 0.1) is 0 Å². The highest BCUT2D eigenvalue weighted by Crippen LogP contribution is 2.24. The zero-order valence-electron chi connectivity index (χ0n) is 10.4. The molecule has 0 aliphatic rings. The average molecular weight is 280 g/mol. The highest BCUT2D eigenvalue weighted by Gasteiger charge is 2.18. The number of aromatic amines is 1. The van der Waals surface area contributed by atoms with Gasteiger partial charge in [-0.05, 0) is 17.7 Å². The highest BCUT2D eigenvalue weighted by atomic mass is 35.5. The monoisotopic (exact) mass is 279 g/mol. The quantitative estimate of drug-likeness (QED) is 0.836. The third-order valence-electron chi connectivity index (χ3n) is 2.77. The van der Waals surface area contributed by atoms with Gasteiger partial charge < -0.3 is 10.5 Å². The van der Waals surface area contributed by atoms with Gasteiger partial charge in [-0.25, -0.2) is 0 Å². The van der Waals surface area contributed by atoms with Crippen LogP contribution in [0.15, 0.2) is 30.5 Å². The van der Waals surface area contributed by atoms with Gasteiger partial charge in [0.25, 0.3) is 0 Å². The third-order valence-corrected chi connectivity index (χ3v) is 3.01. The van der Waals surface area contributed by atoms with Gasteiger partial charge in [0.05, 0.1) is 19.0 Å². The standard InChI is InChI=1S/C13H14ClN3O2/c1-19-13(18)11(15)6-9-7-16-17-12(9)8-3-2-4-10(14)5-8/h2-5,7,11H,6,15H2,1H3,(H,16,17). The van der Waals surface area contributed by atoms with Crippen molar-refractivity contribution in [2.24, 2.45) is 5.73 Å². The Kier molecular flexibility index (Phi) is 4.19. The van der Waals surface area contributed by atoms with Crippen molar-refractivity contribution in [1.29, 1.82) is 0 Å². The molecule has 2 rings (SSSR count). The summed E-state index contributed by atoms with van der Waals surface area (Å²) in [4.78, 5) is 11.3. The molecular weight excluding hydrogens is 266 g/mol. The minimum Gasteiger partial charge on any atom is -0.468 e. The van der Waals surface area contributed by atoms with Crippen LogP contribution in [-0.2, 0) is 16.0 Å². The molecule has 0 saturated heterocycles. The topological polar surface area (TPSA) is 81.0 Å². The van der Waals surface area contributed by atoms with Crippen LogP contribution in [0.4, 0.5) is 0 Å². The number of methoxy groups -OCH3 is 1. The summed E-state index contributed by atoms with van der Waals surface area (Å²) in [5, 5.41) is 7.52. The minimum absolute atomic E-state index is 0.352. The van der Waals surface area contributed by atoms with Crippen LogP contribution >= 0.6 is 11.6 Å². The molecule has 1 aromatic heterocycles. The summed E-state index contributed by atoms with van der Waals surface area (Å²) in [5.41, 5.74) is 8.31. The van der Waals surface area contributed by atoms with Gasteiger partial charge in [-0.1, -0.05) is 23.7 Å². The largest absolute Gasteiger partial charge is 0.468 e. The van der Waals surface area contributed by atoms with Gasteiger partial charge in [0, 0.05) is 17.0 Å². The molecule has 0 fully saturated rings. The second-order valence-corrected chi connectivity index (χ2v) is 4.55. The summed E-state index contributed by atoms with van der Waals surface area (Å²) in [6.07, 6.45) is 2.00. The first kappa shape index (κ1) is 13.6. The molecule has 0 bridgehead atoms. The van der Waals surface area contributed by atoms with Crippen molar-refractivity contribution in [3.63, 3.8) is 0 Å². The van der Waals surface area contributed by atoms with Gasteiger partial charge in [-0.2, -0.15) is 5.10 Å². The molecule has 0 aliphatic carbocycles. The van der Waals surface area contributed by atoms with E-state index in [4.69, 9.17) is 17.3 Å². The van der Waals surface area contributed by atoms with E-state index in [1.165, 1.54) is 7.11 Å². The molecular formula is C13H14ClN3O2. The highest BCUT2D eigenvalue weighted by molar-refractivity contribution is 6.30. The van der Waals surface area contributed by atoms with Crippen molar-refractivity contribution < 1.29 is 9.53 Å². The lowest BCUT2D eigenvalue weighted by molar-refractivity contribution is -0.142. The SMILES string of the molecule is COC(=O)C(N)Cc1cn[nH]c1-c1cccc(Cl)c1. The number of ether oxygens (including phenoxy) is 1. The number of esters is 1. The summed E-state index contributed by atoms with van der Waals surface area (Å²) >= 11 is 5.96. The van der Waals surface area contributed by atoms with Gasteiger partial charge >= 0.3 is 5.97 Å². The van der Waals surface area contributed by atoms with E-state index in [-0.39, 0.29) is 0 Å². The van der Waals surface area contributed by atoms with Crippen molar-refractivity contribution in [2.75, 3.05) is 7.11 Å². The fourth-order valence-corrected chi connectivity index (χ4v) is 2.02. The number of H-pyrrole nitrogens is 1. The number of aromatic nitrogens is 2. The summed E-state index contributed by atoms with van der Waals surface area (Å²) in [5.74, 6) is -0.446. The molecule has 1 heterocycles. The van der Waals surface area contributed by atoms with Crippen LogP contribution in [0.25, 0.3) is 11.3 Å². The molecule has 1 unspecified atom stereocenters. The smallest absolute Gasteiger partial charge is 0.322 e. The number of benzene rings is 1. The molecule has 0 aliphatic heterocycles. The van der Waals surface area contributed by atoms with E-state index in [1.54, 1.807) is 12.3 Å². The lowest BCUT2D eigenvalue weighted by atomic mass is 10.0. The fraction of sp³-hybridized carbons (Fsp3) is 0.231. The van der Waals surface area contributed by atoms with Crippen molar-refractivity contribution in [3.8, 4) is 11.3 Å². The molecule has 19 heavy (non-hydrogen) atoms. The molecule has 2 aromatic rings. The number of halogens is 1. The number of rotatable bonds is 4. The Labute approximate surface area is 115 Å². The molecule has 0 spiro atoms. The number of hydrogen-bond donors (Lipinski definition) is 2. The molecule has 5 nitrogen and oxygen atoms in total. The molecule has 1 atom stereocenters. The number of carbonyl (C=O) groups is 1. The van der Waals surface area contributed by atoms with Gasteiger partial charge in [0.2, 0.25) is 0 Å². The first-order valence-electron chi connectivity index (χ1n) is 5.73. The van der Waals surface area contributed by atoms with Crippen LogP contribution in [0.2, 0.25) is 5.02 Å². The van der Waals surface area contributed by atoms with E-state index in [1.807, 2.05) is 18.2 Å². The number of nitrogens with zero attached hydrogens (tertiary/aromatic N) is 1. The molecule has 0 amide bonds. The van der Waals surface area contributed by atoms with Crippen LogP contribution in [0.5, 0.6) is 0 Å². The number of carbonyl (C=O) groups excluding carboxylic acids is 1. The van der Waals surface area contributed by atoms with E-state index >= 15 is 0 Å². The summed E-state index contributed by atoms with van der Waals surface area (Å²) < 4.78 is 4.61. The molecule has 0 saturated carbocycles. The molecule has 3 N–H and O–H groups in total. The predicted molar refractivity (Wildman–Crippen MR) is 72.7 cm³/mol. The maximum Gasteiger partial charge on any atom is 0.322 e. The van der Waals surface area contributed by atoms with Crippen LogP contribution in [0.3, 0.4) is 0 Å². The van der Waals surface area contributed by atoms with Crippen LogP contribution in [-0.4, -0.2) is 29.3 Å². The minimum atomic E-state index is -0.708. The zero-order valence-corrected chi connectivity index (χ0v) is 11.1. The van der Waals surface area contributed by atoms with E-state index in [9.17, 15) is 4.79 Å².